The maximum absolute atomic E-state index is 5.80. The van der Waals surface area contributed by atoms with Gasteiger partial charge in [-0.2, -0.15) is 0 Å². The Hall–Kier alpha value is -1.06. The van der Waals surface area contributed by atoms with Crippen molar-refractivity contribution in [1.82, 2.24) is 4.98 Å². The number of halogens is 1. The summed E-state index contributed by atoms with van der Waals surface area (Å²) in [5.41, 5.74) is 8.21. The van der Waals surface area contributed by atoms with Gasteiger partial charge in [0.15, 0.2) is 0 Å². The van der Waals surface area contributed by atoms with E-state index in [2.05, 4.69) is 39.1 Å². The van der Waals surface area contributed by atoms with E-state index < -0.39 is 0 Å². The fraction of sp³-hybridized carbons (Fsp3) is 0.167. The molecule has 2 aromatic rings. The second-order valence-electron chi connectivity index (χ2n) is 3.47. The van der Waals surface area contributed by atoms with Crippen LogP contribution < -0.4 is 5.73 Å². The molecular formula is C12H13BrN2. The van der Waals surface area contributed by atoms with E-state index in [1.165, 1.54) is 11.3 Å². The van der Waals surface area contributed by atoms with Crippen LogP contribution in [-0.2, 0) is 0 Å². The van der Waals surface area contributed by atoms with Crippen LogP contribution in [0.1, 0.15) is 17.2 Å². The van der Waals surface area contributed by atoms with Crippen LogP contribution in [0, 0.1) is 0 Å². The average Bonchev–Trinajstić information content (AvgIpc) is 2.75. The largest absolute Gasteiger partial charge is 0.364 e. The third kappa shape index (κ3) is 2.30. The monoisotopic (exact) mass is 264 g/mol. The van der Waals surface area contributed by atoms with E-state index in [0.717, 1.165) is 4.47 Å². The van der Waals surface area contributed by atoms with E-state index in [1.54, 1.807) is 0 Å². The lowest BCUT2D eigenvalue weighted by Gasteiger charge is -2.13. The number of H-pyrrole nitrogens is 1. The molecule has 0 aliphatic rings. The van der Waals surface area contributed by atoms with Crippen molar-refractivity contribution in [3.63, 3.8) is 0 Å². The summed E-state index contributed by atoms with van der Waals surface area (Å²) < 4.78 is 1.09. The van der Waals surface area contributed by atoms with Gasteiger partial charge in [-0.15, -0.1) is 0 Å². The molecule has 0 radical (unpaired) electrons. The summed E-state index contributed by atoms with van der Waals surface area (Å²) in [5.74, 6) is 0.258. The minimum Gasteiger partial charge on any atom is -0.364 e. The molecule has 3 heteroatoms. The average molecular weight is 265 g/mol. The second-order valence-corrected chi connectivity index (χ2v) is 4.38. The van der Waals surface area contributed by atoms with Gasteiger partial charge >= 0.3 is 0 Å². The van der Waals surface area contributed by atoms with Crippen molar-refractivity contribution >= 4 is 15.9 Å². The van der Waals surface area contributed by atoms with Crippen LogP contribution in [0.25, 0.3) is 0 Å². The Kier molecular flexibility index (Phi) is 3.23. The van der Waals surface area contributed by atoms with Crippen LogP contribution in [0.15, 0.2) is 47.1 Å². The Labute approximate surface area is 97.6 Å². The second kappa shape index (κ2) is 4.64. The first kappa shape index (κ1) is 10.5. The third-order valence-corrected chi connectivity index (χ3v) is 3.03. The Morgan fingerprint density at radius 2 is 1.93 bits per heavy atom. The lowest BCUT2D eigenvalue weighted by Crippen LogP contribution is -2.14. The van der Waals surface area contributed by atoms with Crippen molar-refractivity contribution in [1.29, 1.82) is 0 Å². The Morgan fingerprint density at radius 1 is 1.20 bits per heavy atom. The van der Waals surface area contributed by atoms with E-state index in [-0.39, 0.29) is 5.92 Å². The molecule has 0 bridgehead atoms. The molecule has 0 aliphatic carbocycles. The van der Waals surface area contributed by atoms with Gasteiger partial charge in [0.2, 0.25) is 0 Å². The summed E-state index contributed by atoms with van der Waals surface area (Å²) in [7, 11) is 0. The number of hydrogen-bond donors (Lipinski definition) is 2. The number of benzene rings is 1. The minimum atomic E-state index is 0.258. The van der Waals surface area contributed by atoms with Gasteiger partial charge in [0.25, 0.3) is 0 Å². The third-order valence-electron chi connectivity index (χ3n) is 2.51. The smallest absolute Gasteiger partial charge is 0.0363 e. The molecule has 1 aromatic carbocycles. The number of rotatable bonds is 3. The van der Waals surface area contributed by atoms with Crippen molar-refractivity contribution in [2.24, 2.45) is 5.73 Å². The van der Waals surface area contributed by atoms with Crippen LogP contribution in [0.2, 0.25) is 0 Å². The molecule has 0 aliphatic heterocycles. The van der Waals surface area contributed by atoms with Crippen molar-refractivity contribution in [3.05, 3.63) is 58.3 Å². The number of nitrogens with two attached hydrogens (primary N) is 1. The zero-order chi connectivity index (χ0) is 10.7. The van der Waals surface area contributed by atoms with Gasteiger partial charge in [0.05, 0.1) is 0 Å². The standard InChI is InChI=1S/C12H13BrN2/c13-10-5-3-9(4-6-10)11(8-14)12-2-1-7-15-12/h1-7,11,15H,8,14H2. The van der Waals surface area contributed by atoms with Crippen molar-refractivity contribution in [2.45, 2.75) is 5.92 Å². The maximum atomic E-state index is 5.80. The Bertz CT molecular complexity index is 406. The topological polar surface area (TPSA) is 41.8 Å². The zero-order valence-electron chi connectivity index (χ0n) is 8.28. The highest BCUT2D eigenvalue weighted by molar-refractivity contribution is 9.10. The van der Waals surface area contributed by atoms with Gasteiger partial charge in [-0.25, -0.2) is 0 Å². The SMILES string of the molecule is NCC(c1ccc(Br)cc1)c1ccc[nH]1. The molecule has 0 saturated carbocycles. The highest BCUT2D eigenvalue weighted by Gasteiger charge is 2.12. The predicted molar refractivity (Wildman–Crippen MR) is 65.8 cm³/mol. The van der Waals surface area contributed by atoms with Gasteiger partial charge < -0.3 is 10.7 Å². The lowest BCUT2D eigenvalue weighted by molar-refractivity contribution is 0.794. The number of nitrogens with one attached hydrogen (secondary N) is 1. The number of aromatic nitrogens is 1. The molecule has 0 fully saturated rings. The van der Waals surface area contributed by atoms with Crippen molar-refractivity contribution < 1.29 is 0 Å². The molecule has 0 spiro atoms. The predicted octanol–water partition coefficient (Wildman–Crippen LogP) is 2.87. The quantitative estimate of drug-likeness (QED) is 0.880. The lowest BCUT2D eigenvalue weighted by atomic mass is 9.96. The van der Waals surface area contributed by atoms with E-state index in [4.69, 9.17) is 5.73 Å². The molecule has 1 heterocycles. The maximum Gasteiger partial charge on any atom is 0.0363 e. The summed E-state index contributed by atoms with van der Waals surface area (Å²) in [6.07, 6.45) is 1.93. The summed E-state index contributed by atoms with van der Waals surface area (Å²) >= 11 is 3.43. The number of hydrogen-bond acceptors (Lipinski definition) is 1. The van der Waals surface area contributed by atoms with Crippen LogP contribution in [0.5, 0.6) is 0 Å². The van der Waals surface area contributed by atoms with E-state index in [9.17, 15) is 0 Å². The molecule has 15 heavy (non-hydrogen) atoms. The Morgan fingerprint density at radius 3 is 2.47 bits per heavy atom. The van der Waals surface area contributed by atoms with E-state index >= 15 is 0 Å². The first-order chi connectivity index (χ1) is 7.31. The molecule has 78 valence electrons. The highest BCUT2D eigenvalue weighted by atomic mass is 79.9. The molecule has 0 amide bonds. The van der Waals surface area contributed by atoms with E-state index in [1.807, 2.05) is 24.4 Å². The summed E-state index contributed by atoms with van der Waals surface area (Å²) in [4.78, 5) is 3.21. The highest BCUT2D eigenvalue weighted by Crippen LogP contribution is 2.23. The molecule has 2 nitrogen and oxygen atoms in total. The van der Waals surface area contributed by atoms with Crippen LogP contribution >= 0.6 is 15.9 Å². The molecule has 3 N–H and O–H groups in total. The van der Waals surface area contributed by atoms with Gasteiger partial charge in [0.1, 0.15) is 0 Å². The van der Waals surface area contributed by atoms with Crippen LogP contribution in [0.4, 0.5) is 0 Å². The molecule has 1 atom stereocenters. The van der Waals surface area contributed by atoms with Crippen LogP contribution in [0.3, 0.4) is 0 Å². The minimum absolute atomic E-state index is 0.258. The summed E-state index contributed by atoms with van der Waals surface area (Å²) in [6, 6.07) is 12.4. The van der Waals surface area contributed by atoms with E-state index in [0.29, 0.717) is 6.54 Å². The number of aromatic amines is 1. The van der Waals surface area contributed by atoms with Gasteiger partial charge in [0, 0.05) is 28.8 Å². The fourth-order valence-corrected chi connectivity index (χ4v) is 1.96. The zero-order valence-corrected chi connectivity index (χ0v) is 9.87. The van der Waals surface area contributed by atoms with Crippen molar-refractivity contribution in [2.75, 3.05) is 6.54 Å². The molecular weight excluding hydrogens is 252 g/mol. The van der Waals surface area contributed by atoms with Crippen molar-refractivity contribution in [3.8, 4) is 0 Å². The molecule has 2 rings (SSSR count). The summed E-state index contributed by atoms with van der Waals surface area (Å²) in [5, 5.41) is 0. The molecule has 0 saturated heterocycles. The molecule has 1 aromatic heterocycles. The van der Waals surface area contributed by atoms with Gasteiger partial charge in [-0.1, -0.05) is 28.1 Å². The van der Waals surface area contributed by atoms with Gasteiger partial charge in [-0.05, 0) is 29.8 Å². The normalized spacial score (nSPS) is 12.7. The summed E-state index contributed by atoms with van der Waals surface area (Å²) in [6.45, 7) is 0.613. The fourth-order valence-electron chi connectivity index (χ4n) is 1.70. The van der Waals surface area contributed by atoms with Crippen LogP contribution in [-0.4, -0.2) is 11.5 Å². The Balaban J connectivity index is 2.31. The first-order valence-corrected chi connectivity index (χ1v) is 5.69. The molecule has 1 unspecified atom stereocenters. The first-order valence-electron chi connectivity index (χ1n) is 4.90. The van der Waals surface area contributed by atoms with Gasteiger partial charge in [-0.3, -0.25) is 0 Å².